The number of aryl methyl sites for hydroxylation is 1. The second kappa shape index (κ2) is 8.11. The van der Waals surface area contributed by atoms with E-state index in [2.05, 4.69) is 9.97 Å². The van der Waals surface area contributed by atoms with Gasteiger partial charge in [-0.3, -0.25) is 18.7 Å². The third-order valence-corrected chi connectivity index (χ3v) is 6.88. The summed E-state index contributed by atoms with van der Waals surface area (Å²) in [6.07, 6.45) is 3.21. The van der Waals surface area contributed by atoms with Gasteiger partial charge in [-0.25, -0.2) is 14.8 Å². The van der Waals surface area contributed by atoms with Crippen molar-refractivity contribution >= 4 is 40.0 Å². The van der Waals surface area contributed by atoms with Gasteiger partial charge in [-0.1, -0.05) is 17.8 Å². The van der Waals surface area contributed by atoms with Crippen LogP contribution in [0.4, 0.5) is 0 Å². The van der Waals surface area contributed by atoms with E-state index in [-0.39, 0.29) is 22.7 Å². The van der Waals surface area contributed by atoms with Crippen LogP contribution in [-0.4, -0.2) is 48.8 Å². The van der Waals surface area contributed by atoms with Crippen LogP contribution in [0.1, 0.15) is 19.3 Å². The minimum Gasteiger partial charge on any atom is -0.342 e. The maximum Gasteiger partial charge on any atom is 0.332 e. The third kappa shape index (κ3) is 3.74. The number of hydrogen-bond acceptors (Lipinski definition) is 7. The SMILES string of the molecule is Cn1c(=O)c2c(SCC(=O)N3CCCCC3)nc(-c3cccs3)nc2n(C)c1=O. The molecule has 0 aliphatic carbocycles. The number of likely N-dealkylation sites (tertiary alicyclic amines) is 1. The van der Waals surface area contributed by atoms with Crippen molar-refractivity contribution in [2.45, 2.75) is 24.3 Å². The predicted molar refractivity (Wildman–Crippen MR) is 114 cm³/mol. The Morgan fingerprint density at radius 1 is 1.14 bits per heavy atom. The molecule has 0 bridgehead atoms. The lowest BCUT2D eigenvalue weighted by atomic mass is 10.1. The van der Waals surface area contributed by atoms with Gasteiger partial charge in [0, 0.05) is 27.2 Å². The van der Waals surface area contributed by atoms with Gasteiger partial charge in [-0.15, -0.1) is 11.3 Å². The zero-order valence-electron chi connectivity index (χ0n) is 16.3. The number of nitrogens with zero attached hydrogens (tertiary/aromatic N) is 5. The van der Waals surface area contributed by atoms with E-state index in [0.29, 0.717) is 10.9 Å². The third-order valence-electron chi connectivity index (χ3n) is 5.05. The molecule has 0 unspecified atom stereocenters. The highest BCUT2D eigenvalue weighted by atomic mass is 32.2. The zero-order chi connectivity index (χ0) is 20.5. The number of fused-ring (bicyclic) bond motifs is 1. The van der Waals surface area contributed by atoms with Crippen molar-refractivity contribution in [1.29, 1.82) is 0 Å². The zero-order valence-corrected chi connectivity index (χ0v) is 17.9. The molecular weight excluding hydrogens is 410 g/mol. The van der Waals surface area contributed by atoms with Crippen LogP contribution in [0.5, 0.6) is 0 Å². The molecule has 1 amide bonds. The van der Waals surface area contributed by atoms with Crippen LogP contribution < -0.4 is 11.2 Å². The lowest BCUT2D eigenvalue weighted by Crippen LogP contribution is -2.38. The van der Waals surface area contributed by atoms with Crippen LogP contribution in [0.3, 0.4) is 0 Å². The summed E-state index contributed by atoms with van der Waals surface area (Å²) in [6, 6.07) is 3.78. The molecule has 152 valence electrons. The molecule has 8 nitrogen and oxygen atoms in total. The van der Waals surface area contributed by atoms with Crippen molar-refractivity contribution in [3.05, 3.63) is 38.4 Å². The van der Waals surface area contributed by atoms with Crippen LogP contribution in [0.2, 0.25) is 0 Å². The van der Waals surface area contributed by atoms with Crippen LogP contribution >= 0.6 is 23.1 Å². The Kier molecular flexibility index (Phi) is 5.55. The van der Waals surface area contributed by atoms with Gasteiger partial charge in [0.25, 0.3) is 5.56 Å². The highest BCUT2D eigenvalue weighted by Crippen LogP contribution is 2.28. The van der Waals surface area contributed by atoms with Gasteiger partial charge in [0.2, 0.25) is 5.91 Å². The van der Waals surface area contributed by atoms with Gasteiger partial charge in [0.1, 0.15) is 10.4 Å². The quantitative estimate of drug-likeness (QED) is 0.463. The number of hydrogen-bond donors (Lipinski definition) is 0. The van der Waals surface area contributed by atoms with Crippen molar-refractivity contribution in [2.24, 2.45) is 14.1 Å². The van der Waals surface area contributed by atoms with Gasteiger partial charge in [-0.05, 0) is 30.7 Å². The van der Waals surface area contributed by atoms with Crippen molar-refractivity contribution < 1.29 is 4.79 Å². The molecule has 4 rings (SSSR count). The Balaban J connectivity index is 1.79. The van der Waals surface area contributed by atoms with Crippen LogP contribution in [0.15, 0.2) is 32.1 Å². The van der Waals surface area contributed by atoms with Gasteiger partial charge in [0.15, 0.2) is 11.5 Å². The first-order valence-corrected chi connectivity index (χ1v) is 11.3. The van der Waals surface area contributed by atoms with E-state index in [1.54, 1.807) is 7.05 Å². The second-order valence-electron chi connectivity index (χ2n) is 6.96. The molecule has 1 saturated heterocycles. The van der Waals surface area contributed by atoms with Gasteiger partial charge in [0.05, 0.1) is 10.6 Å². The van der Waals surface area contributed by atoms with Crippen molar-refractivity contribution in [3.63, 3.8) is 0 Å². The Labute approximate surface area is 175 Å². The standard InChI is InChI=1S/C19H21N5O3S2/c1-22-16-14(18(26)23(2)19(22)27)17(21-15(20-16)12-7-6-10-28-12)29-11-13(25)24-8-4-3-5-9-24/h6-7,10H,3-5,8-9,11H2,1-2H3. The predicted octanol–water partition coefficient (Wildman–Crippen LogP) is 1.86. The maximum absolute atomic E-state index is 12.8. The number of piperidine rings is 1. The molecule has 0 atom stereocenters. The van der Waals surface area contributed by atoms with E-state index in [4.69, 9.17) is 0 Å². The lowest BCUT2D eigenvalue weighted by molar-refractivity contribution is -0.129. The summed E-state index contributed by atoms with van der Waals surface area (Å²) >= 11 is 2.71. The maximum atomic E-state index is 12.8. The van der Waals surface area contributed by atoms with E-state index >= 15 is 0 Å². The molecule has 3 aromatic rings. The molecule has 3 aromatic heterocycles. The van der Waals surface area contributed by atoms with Crippen molar-refractivity contribution in [1.82, 2.24) is 24.0 Å². The summed E-state index contributed by atoms with van der Waals surface area (Å²) in [5, 5.41) is 2.62. The Morgan fingerprint density at radius 2 is 1.90 bits per heavy atom. The smallest absolute Gasteiger partial charge is 0.332 e. The van der Waals surface area contributed by atoms with Crippen LogP contribution in [-0.2, 0) is 18.9 Å². The molecule has 0 radical (unpaired) electrons. The van der Waals surface area contributed by atoms with Crippen molar-refractivity contribution in [3.8, 4) is 10.7 Å². The second-order valence-corrected chi connectivity index (χ2v) is 8.88. The van der Waals surface area contributed by atoms with E-state index < -0.39 is 11.2 Å². The topological polar surface area (TPSA) is 90.1 Å². The fourth-order valence-electron chi connectivity index (χ4n) is 3.41. The minimum absolute atomic E-state index is 0.0424. The monoisotopic (exact) mass is 431 g/mol. The van der Waals surface area contributed by atoms with Gasteiger partial charge in [-0.2, -0.15) is 0 Å². The molecule has 4 heterocycles. The van der Waals surface area contributed by atoms with E-state index in [0.717, 1.165) is 41.8 Å². The number of aromatic nitrogens is 4. The summed E-state index contributed by atoms with van der Waals surface area (Å²) in [6.45, 7) is 1.56. The summed E-state index contributed by atoms with van der Waals surface area (Å²) in [7, 11) is 3.02. The number of thioether (sulfide) groups is 1. The number of rotatable bonds is 4. The first-order valence-electron chi connectivity index (χ1n) is 9.39. The average Bonchev–Trinajstić information content (AvgIpc) is 3.29. The Bertz CT molecular complexity index is 1180. The molecule has 0 aromatic carbocycles. The average molecular weight is 432 g/mol. The molecule has 0 spiro atoms. The first kappa shape index (κ1) is 19.8. The molecule has 0 saturated carbocycles. The highest BCUT2D eigenvalue weighted by molar-refractivity contribution is 8.00. The molecule has 0 N–H and O–H groups in total. The molecular formula is C19H21N5O3S2. The summed E-state index contributed by atoms with van der Waals surface area (Å²) in [5.41, 5.74) is -0.614. The Hall–Kier alpha value is -2.46. The highest BCUT2D eigenvalue weighted by Gasteiger charge is 2.21. The van der Waals surface area contributed by atoms with Crippen LogP contribution in [0, 0.1) is 0 Å². The van der Waals surface area contributed by atoms with E-state index in [9.17, 15) is 14.4 Å². The van der Waals surface area contributed by atoms with E-state index in [1.807, 2.05) is 22.4 Å². The summed E-state index contributed by atoms with van der Waals surface area (Å²) in [4.78, 5) is 49.6. The first-order chi connectivity index (χ1) is 14.0. The number of carbonyl (C=O) groups excluding carboxylic acids is 1. The molecule has 29 heavy (non-hydrogen) atoms. The molecule has 1 fully saturated rings. The van der Waals surface area contributed by atoms with Gasteiger partial charge >= 0.3 is 5.69 Å². The normalized spacial score (nSPS) is 14.5. The minimum atomic E-state index is -0.450. The van der Waals surface area contributed by atoms with E-state index in [1.165, 1.54) is 34.7 Å². The number of carbonyl (C=O) groups is 1. The Morgan fingerprint density at radius 3 is 2.59 bits per heavy atom. The lowest BCUT2D eigenvalue weighted by Gasteiger charge is -2.26. The molecule has 10 heteroatoms. The number of amides is 1. The fourth-order valence-corrected chi connectivity index (χ4v) is 4.99. The number of thiophene rings is 1. The molecule has 1 aliphatic rings. The summed E-state index contributed by atoms with van der Waals surface area (Å²) in [5.74, 6) is 0.687. The van der Waals surface area contributed by atoms with Crippen molar-refractivity contribution in [2.75, 3.05) is 18.8 Å². The van der Waals surface area contributed by atoms with Gasteiger partial charge < -0.3 is 4.90 Å². The molecule has 1 aliphatic heterocycles. The largest absolute Gasteiger partial charge is 0.342 e. The van der Waals surface area contributed by atoms with Crippen LogP contribution in [0.25, 0.3) is 21.7 Å². The summed E-state index contributed by atoms with van der Waals surface area (Å²) < 4.78 is 2.40. The fraction of sp³-hybridized carbons (Fsp3) is 0.421.